The van der Waals surface area contributed by atoms with Gasteiger partial charge in [-0.3, -0.25) is 0 Å². The molecule has 0 radical (unpaired) electrons. The summed E-state index contributed by atoms with van der Waals surface area (Å²) in [5.74, 6) is 1.57. The number of fused-ring (bicyclic) bond motifs is 4. The fourth-order valence-corrected chi connectivity index (χ4v) is 5.42. The molecule has 0 fully saturated rings. The van der Waals surface area contributed by atoms with E-state index >= 15 is 0 Å². The van der Waals surface area contributed by atoms with E-state index in [0.717, 1.165) is 39.3 Å². The van der Waals surface area contributed by atoms with Crippen molar-refractivity contribution in [1.29, 1.82) is 0 Å². The third kappa shape index (κ3) is 5.07. The van der Waals surface area contributed by atoms with Crippen LogP contribution in [0.15, 0.2) is 66.7 Å². The number of carboxylic acid groups (broad SMARTS) is 1. The number of nitrogens with one attached hydrogen (secondary N) is 1. The number of alkyl carbamates (subject to hydrolysis) is 1. The van der Waals surface area contributed by atoms with E-state index in [9.17, 15) is 14.7 Å². The molecule has 180 valence electrons. The Balaban J connectivity index is 1.12. The van der Waals surface area contributed by atoms with Crippen LogP contribution in [0.25, 0.3) is 11.1 Å². The highest BCUT2D eigenvalue weighted by Gasteiger charge is 2.29. The molecule has 0 saturated heterocycles. The first-order valence-corrected chi connectivity index (χ1v) is 12.6. The van der Waals surface area contributed by atoms with Crippen LogP contribution in [0, 0.1) is 0 Å². The van der Waals surface area contributed by atoms with E-state index in [1.165, 1.54) is 0 Å². The molecule has 1 unspecified atom stereocenters. The minimum atomic E-state index is -1.08. The molecule has 2 N–H and O–H groups in total. The van der Waals surface area contributed by atoms with E-state index in [-0.39, 0.29) is 25.7 Å². The Bertz CT molecular complexity index is 1200. The van der Waals surface area contributed by atoms with Crippen molar-refractivity contribution in [3.05, 3.63) is 83.4 Å². The number of carboxylic acids is 1. The molecule has 8 heteroatoms. The first-order valence-electron chi connectivity index (χ1n) is 11.4. The van der Waals surface area contributed by atoms with Crippen molar-refractivity contribution in [3.63, 3.8) is 0 Å². The third-order valence-corrected chi connectivity index (χ3v) is 7.25. The summed E-state index contributed by atoms with van der Waals surface area (Å²) in [5, 5.41) is 12.1. The van der Waals surface area contributed by atoms with Crippen molar-refractivity contribution in [2.75, 3.05) is 19.2 Å². The zero-order valence-corrected chi connectivity index (χ0v) is 19.8. The van der Waals surface area contributed by atoms with Crippen LogP contribution in [-0.2, 0) is 15.3 Å². The van der Waals surface area contributed by atoms with E-state index in [2.05, 4.69) is 17.4 Å². The maximum absolute atomic E-state index is 12.5. The SMILES string of the molecule is O=C(NC(CCSCc1ccc2c(c1)OCO2)C(=O)O)OCC1c2ccccc2-c2ccccc21. The lowest BCUT2D eigenvalue weighted by molar-refractivity contribution is -0.139. The summed E-state index contributed by atoms with van der Waals surface area (Å²) in [6.07, 6.45) is -0.436. The first kappa shape index (κ1) is 23.1. The second kappa shape index (κ2) is 10.3. The van der Waals surface area contributed by atoms with Crippen LogP contribution in [0.4, 0.5) is 4.79 Å². The second-order valence-corrected chi connectivity index (χ2v) is 9.49. The molecule has 3 aromatic carbocycles. The molecule has 1 amide bonds. The summed E-state index contributed by atoms with van der Waals surface area (Å²) in [4.78, 5) is 24.2. The van der Waals surface area contributed by atoms with Gasteiger partial charge < -0.3 is 24.6 Å². The number of ether oxygens (including phenoxy) is 3. The summed E-state index contributed by atoms with van der Waals surface area (Å²) in [6, 6.07) is 20.9. The number of aliphatic carboxylic acids is 1. The van der Waals surface area contributed by atoms with Crippen molar-refractivity contribution in [1.82, 2.24) is 5.32 Å². The molecule has 1 heterocycles. The van der Waals surface area contributed by atoms with E-state index in [1.54, 1.807) is 11.8 Å². The molecular formula is C27H25NO6S. The molecule has 1 atom stereocenters. The lowest BCUT2D eigenvalue weighted by Crippen LogP contribution is -2.41. The van der Waals surface area contributed by atoms with Gasteiger partial charge in [-0.05, 0) is 52.1 Å². The quantitative estimate of drug-likeness (QED) is 0.406. The van der Waals surface area contributed by atoms with Gasteiger partial charge in [0.05, 0.1) is 0 Å². The van der Waals surface area contributed by atoms with Crippen molar-refractivity contribution < 1.29 is 28.9 Å². The number of hydrogen-bond acceptors (Lipinski definition) is 6. The largest absolute Gasteiger partial charge is 0.480 e. The van der Waals surface area contributed by atoms with E-state index < -0.39 is 18.1 Å². The summed E-state index contributed by atoms with van der Waals surface area (Å²) in [6.45, 7) is 0.374. The van der Waals surface area contributed by atoms with Gasteiger partial charge in [-0.2, -0.15) is 11.8 Å². The van der Waals surface area contributed by atoms with Crippen LogP contribution in [0.2, 0.25) is 0 Å². The number of thioether (sulfide) groups is 1. The van der Waals surface area contributed by atoms with Crippen molar-refractivity contribution in [2.45, 2.75) is 24.1 Å². The van der Waals surface area contributed by atoms with Gasteiger partial charge >= 0.3 is 12.1 Å². The van der Waals surface area contributed by atoms with Gasteiger partial charge in [0.25, 0.3) is 0 Å². The highest BCUT2D eigenvalue weighted by Crippen LogP contribution is 2.44. The predicted octanol–water partition coefficient (Wildman–Crippen LogP) is 5.03. The first-order chi connectivity index (χ1) is 17.1. The standard InChI is InChI=1S/C27H25NO6S/c29-26(30)23(11-12-35-15-17-9-10-24-25(13-17)34-16-33-24)28-27(31)32-14-22-20-7-3-1-5-18(20)19-6-2-4-8-21(19)22/h1-10,13,22-23H,11-12,14-16H2,(H,28,31)(H,29,30). The highest BCUT2D eigenvalue weighted by molar-refractivity contribution is 7.98. The molecular weight excluding hydrogens is 466 g/mol. The molecule has 0 bridgehead atoms. The zero-order chi connectivity index (χ0) is 24.2. The minimum absolute atomic E-state index is 0.0753. The van der Waals surface area contributed by atoms with Crippen molar-refractivity contribution >= 4 is 23.8 Å². The Morgan fingerprint density at radius 2 is 1.69 bits per heavy atom. The van der Waals surface area contributed by atoms with Crippen molar-refractivity contribution in [2.24, 2.45) is 0 Å². The Hall–Kier alpha value is -3.65. The Kier molecular flexibility index (Phi) is 6.81. The van der Waals surface area contributed by atoms with Crippen LogP contribution in [0.1, 0.15) is 29.0 Å². The molecule has 1 aliphatic heterocycles. The van der Waals surface area contributed by atoms with Crippen LogP contribution in [0.3, 0.4) is 0 Å². The Labute approximate surface area is 207 Å². The molecule has 35 heavy (non-hydrogen) atoms. The van der Waals surface area contributed by atoms with E-state index in [1.807, 2.05) is 54.6 Å². The zero-order valence-electron chi connectivity index (χ0n) is 18.9. The van der Waals surface area contributed by atoms with E-state index in [0.29, 0.717) is 11.5 Å². The molecule has 0 saturated carbocycles. The van der Waals surface area contributed by atoms with Crippen LogP contribution < -0.4 is 14.8 Å². The third-order valence-electron chi connectivity index (χ3n) is 6.19. The van der Waals surface area contributed by atoms with Gasteiger partial charge in [0.1, 0.15) is 12.6 Å². The number of carbonyl (C=O) groups is 2. The molecule has 0 aromatic heterocycles. The summed E-state index contributed by atoms with van der Waals surface area (Å²) in [7, 11) is 0. The predicted molar refractivity (Wildman–Crippen MR) is 133 cm³/mol. The maximum Gasteiger partial charge on any atom is 0.407 e. The number of amides is 1. The fraction of sp³-hybridized carbons (Fsp3) is 0.259. The molecule has 5 rings (SSSR count). The topological polar surface area (TPSA) is 94.1 Å². The Morgan fingerprint density at radius 1 is 1.00 bits per heavy atom. The Morgan fingerprint density at radius 3 is 2.40 bits per heavy atom. The smallest absolute Gasteiger partial charge is 0.407 e. The van der Waals surface area contributed by atoms with Gasteiger partial charge in [-0.15, -0.1) is 0 Å². The highest BCUT2D eigenvalue weighted by atomic mass is 32.2. The monoisotopic (exact) mass is 491 g/mol. The number of rotatable bonds is 9. The maximum atomic E-state index is 12.5. The van der Waals surface area contributed by atoms with Crippen LogP contribution in [0.5, 0.6) is 11.5 Å². The van der Waals surface area contributed by atoms with Gasteiger partial charge in [0.15, 0.2) is 11.5 Å². The van der Waals surface area contributed by atoms with E-state index in [4.69, 9.17) is 14.2 Å². The minimum Gasteiger partial charge on any atom is -0.480 e. The molecule has 7 nitrogen and oxygen atoms in total. The number of benzene rings is 3. The molecule has 3 aromatic rings. The number of hydrogen-bond donors (Lipinski definition) is 2. The lowest BCUT2D eigenvalue weighted by atomic mass is 9.98. The summed E-state index contributed by atoms with van der Waals surface area (Å²) in [5.41, 5.74) is 5.56. The molecule has 0 spiro atoms. The number of carbonyl (C=O) groups excluding carboxylic acids is 1. The van der Waals surface area contributed by atoms with Crippen LogP contribution >= 0.6 is 11.8 Å². The summed E-state index contributed by atoms with van der Waals surface area (Å²) >= 11 is 1.59. The fourth-order valence-electron chi connectivity index (χ4n) is 4.46. The second-order valence-electron chi connectivity index (χ2n) is 8.39. The van der Waals surface area contributed by atoms with Gasteiger partial charge in [-0.25, -0.2) is 9.59 Å². The van der Waals surface area contributed by atoms with Gasteiger partial charge in [0, 0.05) is 11.7 Å². The average molecular weight is 492 g/mol. The molecule has 2 aliphatic rings. The van der Waals surface area contributed by atoms with Gasteiger partial charge in [-0.1, -0.05) is 54.6 Å². The van der Waals surface area contributed by atoms with Gasteiger partial charge in [0.2, 0.25) is 6.79 Å². The average Bonchev–Trinajstić information content (AvgIpc) is 3.46. The normalized spacial score (nSPS) is 14.2. The van der Waals surface area contributed by atoms with Crippen molar-refractivity contribution in [3.8, 4) is 22.6 Å². The molecule has 1 aliphatic carbocycles. The van der Waals surface area contributed by atoms with Crippen LogP contribution in [-0.4, -0.2) is 42.4 Å². The summed E-state index contributed by atoms with van der Waals surface area (Å²) < 4.78 is 16.2. The lowest BCUT2D eigenvalue weighted by Gasteiger charge is -2.17.